The number of benzene rings is 1. The molecule has 0 aliphatic carbocycles. The van der Waals surface area contributed by atoms with E-state index in [0.29, 0.717) is 17.1 Å². The Balaban J connectivity index is 3.37. The molecule has 2 atom stereocenters. The summed E-state index contributed by atoms with van der Waals surface area (Å²) < 4.78 is 15.1. The monoisotopic (exact) mass is 323 g/mol. The minimum Gasteiger partial charge on any atom is -0.493 e. The molecule has 0 saturated heterocycles. The first kappa shape index (κ1) is 18.5. The number of methoxy groups -OCH3 is 3. The highest BCUT2D eigenvalue weighted by Crippen LogP contribution is 2.33. The van der Waals surface area contributed by atoms with Crippen molar-refractivity contribution in [1.82, 2.24) is 5.32 Å². The van der Waals surface area contributed by atoms with Crippen molar-refractivity contribution >= 4 is 17.7 Å². The maximum Gasteiger partial charge on any atom is 0.318 e. The Morgan fingerprint density at radius 1 is 1.00 bits per heavy atom. The molecule has 1 N–H and O–H groups in total. The number of ketones is 1. The zero-order valence-electron chi connectivity index (χ0n) is 13.8. The number of carbonyl (C=O) groups is 3. The summed E-state index contributed by atoms with van der Waals surface area (Å²) in [5, 5.41) is 2.62. The molecular weight excluding hydrogens is 302 g/mol. The second kappa shape index (κ2) is 8.17. The van der Waals surface area contributed by atoms with Crippen molar-refractivity contribution in [3.63, 3.8) is 0 Å². The highest BCUT2D eigenvalue weighted by Gasteiger charge is 2.35. The molecule has 0 spiro atoms. The van der Waals surface area contributed by atoms with Gasteiger partial charge in [-0.3, -0.25) is 14.4 Å². The number of rotatable bonds is 7. The number of hydrogen-bond donors (Lipinski definition) is 1. The lowest BCUT2D eigenvalue weighted by molar-refractivity contribution is -0.150. The zero-order valence-corrected chi connectivity index (χ0v) is 13.8. The third kappa shape index (κ3) is 4.45. The number of nitrogens with one attached hydrogen (secondary N) is 1. The molecule has 7 heteroatoms. The van der Waals surface area contributed by atoms with E-state index in [2.05, 4.69) is 5.32 Å². The van der Waals surface area contributed by atoms with E-state index in [9.17, 15) is 14.4 Å². The van der Waals surface area contributed by atoms with Crippen LogP contribution in [0.5, 0.6) is 11.5 Å². The van der Waals surface area contributed by atoms with Gasteiger partial charge in [-0.15, -0.1) is 0 Å². The Hall–Kier alpha value is -2.57. The van der Waals surface area contributed by atoms with Crippen molar-refractivity contribution < 1.29 is 28.6 Å². The third-order valence-electron chi connectivity index (χ3n) is 3.35. The second-order valence-electron chi connectivity index (χ2n) is 4.90. The van der Waals surface area contributed by atoms with Gasteiger partial charge in [-0.25, -0.2) is 0 Å². The predicted molar refractivity (Wildman–Crippen MR) is 82.3 cm³/mol. The predicted octanol–water partition coefficient (Wildman–Crippen LogP) is 1.26. The van der Waals surface area contributed by atoms with Crippen LogP contribution in [0.25, 0.3) is 0 Å². The highest BCUT2D eigenvalue weighted by molar-refractivity contribution is 5.99. The molecule has 0 bridgehead atoms. The molecule has 0 aromatic heterocycles. The first-order chi connectivity index (χ1) is 10.8. The van der Waals surface area contributed by atoms with Crippen molar-refractivity contribution in [1.29, 1.82) is 0 Å². The van der Waals surface area contributed by atoms with Crippen LogP contribution in [0.15, 0.2) is 18.2 Å². The molecule has 23 heavy (non-hydrogen) atoms. The number of esters is 1. The Bertz CT molecular complexity index is 598. The average molecular weight is 323 g/mol. The molecule has 126 valence electrons. The summed E-state index contributed by atoms with van der Waals surface area (Å²) in [5.41, 5.74) is 0.531. The number of amides is 1. The molecule has 0 aliphatic heterocycles. The molecule has 1 aromatic carbocycles. The van der Waals surface area contributed by atoms with Gasteiger partial charge in [0.05, 0.1) is 27.4 Å². The average Bonchev–Trinajstić information content (AvgIpc) is 2.52. The van der Waals surface area contributed by atoms with Gasteiger partial charge in [-0.1, -0.05) is 6.07 Å². The smallest absolute Gasteiger partial charge is 0.318 e. The van der Waals surface area contributed by atoms with Crippen LogP contribution in [0.2, 0.25) is 0 Å². The standard InChI is InChI=1S/C16H21NO6/c1-9(18)14(16(20)23-5)15(17-10(2)19)11-6-7-12(21-3)13(8-11)22-4/h6-8,14-15H,1-5H3,(H,17,19)/t14-,15-/m1/s1. The lowest BCUT2D eigenvalue weighted by Gasteiger charge is -2.25. The van der Waals surface area contributed by atoms with Gasteiger partial charge in [0.2, 0.25) is 5.91 Å². The molecule has 1 amide bonds. The summed E-state index contributed by atoms with van der Waals surface area (Å²) >= 11 is 0. The first-order valence-electron chi connectivity index (χ1n) is 6.93. The molecule has 0 aliphatic rings. The van der Waals surface area contributed by atoms with E-state index in [4.69, 9.17) is 14.2 Å². The summed E-state index contributed by atoms with van der Waals surface area (Å²) in [6.07, 6.45) is 0. The lowest BCUT2D eigenvalue weighted by atomic mass is 9.89. The number of Topliss-reactive ketones (excluding diaryl/α,β-unsaturated/α-hetero) is 1. The molecule has 0 fully saturated rings. The van der Waals surface area contributed by atoms with E-state index in [0.717, 1.165) is 0 Å². The van der Waals surface area contributed by atoms with Crippen molar-refractivity contribution in [2.45, 2.75) is 19.9 Å². The van der Waals surface area contributed by atoms with Crippen molar-refractivity contribution in [3.8, 4) is 11.5 Å². The Labute approximate surface area is 134 Å². The fraction of sp³-hybridized carbons (Fsp3) is 0.438. The summed E-state index contributed by atoms with van der Waals surface area (Å²) in [7, 11) is 4.16. The van der Waals surface area contributed by atoms with Gasteiger partial charge in [0.25, 0.3) is 0 Å². The second-order valence-corrected chi connectivity index (χ2v) is 4.90. The van der Waals surface area contributed by atoms with E-state index in [1.807, 2.05) is 0 Å². The summed E-state index contributed by atoms with van der Waals surface area (Å²) in [5.74, 6) is -1.74. The number of carbonyl (C=O) groups excluding carboxylic acids is 3. The van der Waals surface area contributed by atoms with Crippen LogP contribution in [0, 0.1) is 5.92 Å². The van der Waals surface area contributed by atoms with Crippen LogP contribution in [0.3, 0.4) is 0 Å². The van der Waals surface area contributed by atoms with Crippen molar-refractivity contribution in [2.24, 2.45) is 5.92 Å². The van der Waals surface area contributed by atoms with Crippen LogP contribution in [0.1, 0.15) is 25.5 Å². The van der Waals surface area contributed by atoms with Crippen molar-refractivity contribution in [2.75, 3.05) is 21.3 Å². The topological polar surface area (TPSA) is 90.9 Å². The minimum absolute atomic E-state index is 0.375. The summed E-state index contributed by atoms with van der Waals surface area (Å²) in [4.78, 5) is 35.4. The third-order valence-corrected chi connectivity index (χ3v) is 3.35. The fourth-order valence-corrected chi connectivity index (χ4v) is 2.29. The van der Waals surface area contributed by atoms with E-state index in [-0.39, 0.29) is 5.91 Å². The van der Waals surface area contributed by atoms with Gasteiger partial charge >= 0.3 is 5.97 Å². The van der Waals surface area contributed by atoms with E-state index < -0.39 is 23.7 Å². The maximum atomic E-state index is 12.0. The summed E-state index contributed by atoms with van der Waals surface area (Å²) in [6, 6.07) is 4.04. The molecule has 0 unspecified atom stereocenters. The SMILES string of the molecule is COC(=O)[C@H](C(C)=O)[C@H](NC(C)=O)c1ccc(OC)c(OC)c1. The molecule has 0 saturated carbocycles. The summed E-state index contributed by atoms with van der Waals surface area (Å²) in [6.45, 7) is 2.58. The van der Waals surface area contributed by atoms with E-state index in [1.54, 1.807) is 18.2 Å². The van der Waals surface area contributed by atoms with Crippen LogP contribution >= 0.6 is 0 Å². The maximum absolute atomic E-state index is 12.0. The zero-order chi connectivity index (χ0) is 17.6. The van der Waals surface area contributed by atoms with Gasteiger partial charge in [0.1, 0.15) is 11.7 Å². The highest BCUT2D eigenvalue weighted by atomic mass is 16.5. The number of ether oxygens (including phenoxy) is 3. The van der Waals surface area contributed by atoms with Gasteiger partial charge in [0.15, 0.2) is 11.5 Å². The van der Waals surface area contributed by atoms with Crippen LogP contribution in [0.4, 0.5) is 0 Å². The van der Waals surface area contributed by atoms with Crippen LogP contribution in [-0.4, -0.2) is 39.0 Å². The Morgan fingerprint density at radius 3 is 2.04 bits per heavy atom. The minimum atomic E-state index is -1.15. The Kier molecular flexibility index (Phi) is 6.56. The first-order valence-corrected chi connectivity index (χ1v) is 6.93. The quantitative estimate of drug-likeness (QED) is 0.600. The normalized spacial score (nSPS) is 12.7. The molecule has 0 radical (unpaired) electrons. The van der Waals surface area contributed by atoms with Gasteiger partial charge < -0.3 is 19.5 Å². The molecule has 1 aromatic rings. The fourth-order valence-electron chi connectivity index (χ4n) is 2.29. The van der Waals surface area contributed by atoms with Gasteiger partial charge in [-0.05, 0) is 24.6 Å². The molecular formula is C16H21NO6. The molecule has 7 nitrogen and oxygen atoms in total. The largest absolute Gasteiger partial charge is 0.493 e. The molecule has 0 heterocycles. The van der Waals surface area contributed by atoms with Gasteiger partial charge in [0, 0.05) is 6.92 Å². The van der Waals surface area contributed by atoms with E-state index in [1.165, 1.54) is 35.2 Å². The molecule has 1 rings (SSSR count). The van der Waals surface area contributed by atoms with E-state index >= 15 is 0 Å². The Morgan fingerprint density at radius 2 is 1.61 bits per heavy atom. The van der Waals surface area contributed by atoms with Crippen LogP contribution in [-0.2, 0) is 19.1 Å². The number of hydrogen-bond acceptors (Lipinski definition) is 6. The van der Waals surface area contributed by atoms with Crippen LogP contribution < -0.4 is 14.8 Å². The van der Waals surface area contributed by atoms with Gasteiger partial charge in [-0.2, -0.15) is 0 Å². The van der Waals surface area contributed by atoms with Crippen molar-refractivity contribution in [3.05, 3.63) is 23.8 Å². The lowest BCUT2D eigenvalue weighted by Crippen LogP contribution is -2.39.